The molecule has 0 aliphatic heterocycles. The maximum absolute atomic E-state index is 2.26. The van der Waals surface area contributed by atoms with Crippen LogP contribution < -0.4 is 48.0 Å². The van der Waals surface area contributed by atoms with Crippen molar-refractivity contribution in [2.75, 3.05) is 0 Å². The SMILES string of the molecule is CCc1cc2ccccc2[cH-]1.CCc1cc2ccccc2[cH-]1.C[Si]C.[I-].[I-].[Zr+4]. The molecule has 0 N–H and O–H groups in total. The summed E-state index contributed by atoms with van der Waals surface area (Å²) in [7, 11) is 1.08. The van der Waals surface area contributed by atoms with E-state index in [4.69, 9.17) is 0 Å². The molecule has 4 aromatic rings. The van der Waals surface area contributed by atoms with Crippen LogP contribution in [0.5, 0.6) is 0 Å². The molecular weight excluding hydrogens is 661 g/mol. The first kappa shape index (κ1) is 30.4. The fourth-order valence-electron chi connectivity index (χ4n) is 2.84. The van der Waals surface area contributed by atoms with Crippen molar-refractivity contribution >= 4 is 31.1 Å². The molecule has 0 aromatic heterocycles. The Labute approximate surface area is 226 Å². The van der Waals surface area contributed by atoms with Gasteiger partial charge in [-0.15, -0.1) is 81.2 Å². The van der Waals surface area contributed by atoms with Crippen molar-refractivity contribution < 1.29 is 74.2 Å². The number of halogens is 2. The minimum atomic E-state index is 0. The van der Waals surface area contributed by atoms with E-state index in [9.17, 15) is 0 Å². The molecule has 0 spiro atoms. The molecule has 4 rings (SSSR count). The molecule has 0 bridgehead atoms. The Morgan fingerprint density at radius 2 is 1.00 bits per heavy atom. The van der Waals surface area contributed by atoms with Gasteiger partial charge >= 0.3 is 26.2 Å². The average Bonchev–Trinajstić information content (AvgIpc) is 3.26. The summed E-state index contributed by atoms with van der Waals surface area (Å²) in [5, 5.41) is 5.46. The molecule has 28 heavy (non-hydrogen) atoms. The third kappa shape index (κ3) is 9.36. The molecule has 4 heteroatoms. The molecule has 0 aliphatic rings. The van der Waals surface area contributed by atoms with E-state index in [1.807, 2.05) is 0 Å². The normalized spacial score (nSPS) is 9.00. The molecule has 0 amide bonds. The van der Waals surface area contributed by atoms with E-state index in [0.29, 0.717) is 0 Å². The molecule has 0 nitrogen and oxygen atoms in total. The summed E-state index contributed by atoms with van der Waals surface area (Å²) >= 11 is 0. The molecular formula is C24H28I2SiZr. The molecule has 0 fully saturated rings. The largest absolute Gasteiger partial charge is 4.00 e. The Kier molecular flexibility index (Phi) is 18.4. The van der Waals surface area contributed by atoms with Crippen molar-refractivity contribution in [2.24, 2.45) is 0 Å². The summed E-state index contributed by atoms with van der Waals surface area (Å²) in [6.07, 6.45) is 2.27. The maximum Gasteiger partial charge on any atom is 4.00 e. The van der Waals surface area contributed by atoms with Gasteiger partial charge in [0.1, 0.15) is 0 Å². The van der Waals surface area contributed by atoms with Crippen LogP contribution in [0.1, 0.15) is 25.0 Å². The zero-order valence-corrected chi connectivity index (χ0v) is 24.9. The van der Waals surface area contributed by atoms with E-state index in [0.717, 1.165) is 22.4 Å². The monoisotopic (exact) mass is 688 g/mol. The van der Waals surface area contributed by atoms with Crippen molar-refractivity contribution in [3.05, 3.63) is 83.9 Å². The van der Waals surface area contributed by atoms with Crippen LogP contribution in [-0.4, -0.2) is 9.52 Å². The quantitative estimate of drug-likeness (QED) is 0.168. The van der Waals surface area contributed by atoms with Gasteiger partial charge in [-0.25, -0.2) is 0 Å². The number of fused-ring (bicyclic) bond motifs is 2. The van der Waals surface area contributed by atoms with Gasteiger partial charge < -0.3 is 48.0 Å². The molecule has 0 saturated heterocycles. The number of aryl methyl sites for hydroxylation is 2. The van der Waals surface area contributed by atoms with E-state index in [1.165, 1.54) is 32.7 Å². The van der Waals surface area contributed by atoms with E-state index in [-0.39, 0.29) is 74.2 Å². The maximum atomic E-state index is 2.26. The molecule has 146 valence electrons. The van der Waals surface area contributed by atoms with E-state index in [1.54, 1.807) is 0 Å². The fraction of sp³-hybridized carbons (Fsp3) is 0.250. The number of rotatable bonds is 2. The van der Waals surface area contributed by atoms with E-state index < -0.39 is 0 Å². The van der Waals surface area contributed by atoms with Crippen LogP contribution in [0.25, 0.3) is 21.5 Å². The molecule has 0 atom stereocenters. The Bertz CT molecular complexity index is 756. The van der Waals surface area contributed by atoms with Crippen molar-refractivity contribution in [3.8, 4) is 0 Å². The fourth-order valence-corrected chi connectivity index (χ4v) is 2.84. The zero-order chi connectivity index (χ0) is 18.1. The summed E-state index contributed by atoms with van der Waals surface area (Å²) in [5.74, 6) is 0. The summed E-state index contributed by atoms with van der Waals surface area (Å²) < 4.78 is 0. The van der Waals surface area contributed by atoms with Crippen molar-refractivity contribution in [1.29, 1.82) is 0 Å². The second kappa shape index (κ2) is 17.0. The van der Waals surface area contributed by atoms with Crippen molar-refractivity contribution in [2.45, 2.75) is 39.8 Å². The molecule has 4 aromatic carbocycles. The second-order valence-electron chi connectivity index (χ2n) is 6.19. The molecule has 0 aliphatic carbocycles. The summed E-state index contributed by atoms with van der Waals surface area (Å²) in [6.45, 7) is 8.68. The van der Waals surface area contributed by atoms with Gasteiger partial charge in [-0.2, -0.15) is 12.1 Å². The van der Waals surface area contributed by atoms with E-state index in [2.05, 4.69) is 99.7 Å². The molecule has 0 heterocycles. The standard InChI is InChI=1S/2C11H11.C2H6Si.2HI.Zr/c2*1-2-9-7-10-5-3-4-6-11(10)8-9;1-3-2;;;/h2*3-8H,2H2,1H3;1-2H3;2*1H;/q2*-1;;;;+4/p-2. The third-order valence-corrected chi connectivity index (χ3v) is 4.17. The van der Waals surface area contributed by atoms with Gasteiger partial charge in [0.2, 0.25) is 0 Å². The van der Waals surface area contributed by atoms with Crippen LogP contribution in [0, 0.1) is 0 Å². The second-order valence-corrected chi connectivity index (χ2v) is 7.19. The van der Waals surface area contributed by atoms with Gasteiger partial charge in [0.25, 0.3) is 0 Å². The van der Waals surface area contributed by atoms with Gasteiger partial charge in [-0.3, -0.25) is 0 Å². The summed E-state index contributed by atoms with van der Waals surface area (Å²) in [6, 6.07) is 26.0. The van der Waals surface area contributed by atoms with Crippen LogP contribution in [0.3, 0.4) is 0 Å². The average molecular weight is 690 g/mol. The Balaban J connectivity index is 0. The van der Waals surface area contributed by atoms with Crippen LogP contribution in [0.4, 0.5) is 0 Å². The number of hydrogen-bond acceptors (Lipinski definition) is 0. The van der Waals surface area contributed by atoms with Gasteiger partial charge in [0, 0.05) is 9.52 Å². The van der Waals surface area contributed by atoms with Crippen LogP contribution in [0.2, 0.25) is 13.1 Å². The van der Waals surface area contributed by atoms with Gasteiger partial charge in [0.15, 0.2) is 0 Å². The van der Waals surface area contributed by atoms with E-state index >= 15 is 0 Å². The summed E-state index contributed by atoms with van der Waals surface area (Å²) in [5.41, 5.74) is 2.87. The third-order valence-electron chi connectivity index (χ3n) is 4.17. The first-order valence-corrected chi connectivity index (χ1v) is 11.1. The number of benzene rings is 2. The zero-order valence-electron chi connectivity index (χ0n) is 17.1. The van der Waals surface area contributed by atoms with Crippen LogP contribution in [0.15, 0.2) is 72.8 Å². The van der Waals surface area contributed by atoms with Gasteiger partial charge in [-0.05, 0) is 12.8 Å². The molecule has 0 saturated carbocycles. The topological polar surface area (TPSA) is 0 Å². The smallest absolute Gasteiger partial charge is 1.00 e. The number of hydrogen-bond donors (Lipinski definition) is 0. The minimum absolute atomic E-state index is 0. The first-order chi connectivity index (χ1) is 12.2. The minimum Gasteiger partial charge on any atom is -1.00 e. The van der Waals surface area contributed by atoms with Crippen molar-refractivity contribution in [3.63, 3.8) is 0 Å². The molecule has 0 unspecified atom stereocenters. The van der Waals surface area contributed by atoms with Crippen molar-refractivity contribution in [1.82, 2.24) is 0 Å². The van der Waals surface area contributed by atoms with Crippen LogP contribution in [-0.2, 0) is 39.0 Å². The Morgan fingerprint density at radius 3 is 1.29 bits per heavy atom. The van der Waals surface area contributed by atoms with Gasteiger partial charge in [0.05, 0.1) is 0 Å². The predicted octanol–water partition coefficient (Wildman–Crippen LogP) is 1.03. The Hall–Kier alpha value is 0.220. The Morgan fingerprint density at radius 1 is 0.679 bits per heavy atom. The molecule has 2 radical (unpaired) electrons. The van der Waals surface area contributed by atoms with Gasteiger partial charge in [-0.1, -0.05) is 39.1 Å². The summed E-state index contributed by atoms with van der Waals surface area (Å²) in [4.78, 5) is 0. The van der Waals surface area contributed by atoms with Crippen LogP contribution >= 0.6 is 0 Å². The first-order valence-electron chi connectivity index (χ1n) is 9.09. The predicted molar refractivity (Wildman–Crippen MR) is 115 cm³/mol.